The van der Waals surface area contributed by atoms with Crippen LogP contribution in [0.5, 0.6) is 0 Å². The van der Waals surface area contributed by atoms with Crippen molar-refractivity contribution in [3.05, 3.63) is 65.2 Å². The molecule has 2 amide bonds. The number of imide groups is 1. The highest BCUT2D eigenvalue weighted by atomic mass is 32.2. The minimum Gasteiger partial charge on any atom is -0.344 e. The average Bonchev–Trinajstić information content (AvgIpc) is 3.29. The van der Waals surface area contributed by atoms with Gasteiger partial charge in [0.2, 0.25) is 0 Å². The van der Waals surface area contributed by atoms with Gasteiger partial charge in [0.1, 0.15) is 6.10 Å². The second-order valence-electron chi connectivity index (χ2n) is 7.65. The number of nitrogens with zero attached hydrogens (tertiary/aromatic N) is 2. The molecule has 160 valence electrons. The van der Waals surface area contributed by atoms with E-state index in [2.05, 4.69) is 9.93 Å². The third-order valence-electron chi connectivity index (χ3n) is 5.63. The van der Waals surface area contributed by atoms with E-state index < -0.39 is 40.3 Å². The smallest absolute Gasteiger partial charge is 0.276 e. The Bertz CT molecular complexity index is 1170. The molecule has 0 spiro atoms. The maximum Gasteiger partial charge on any atom is 0.276 e. The number of carbonyl (C=O) groups excluding carboxylic acids is 2. The molecule has 3 aliphatic heterocycles. The number of hydrogen-bond donors (Lipinski definition) is 1. The number of nitrogens with one attached hydrogen (secondary N) is 1. The van der Waals surface area contributed by atoms with Gasteiger partial charge in [0, 0.05) is 6.42 Å². The van der Waals surface area contributed by atoms with Crippen molar-refractivity contribution in [2.75, 3.05) is 6.61 Å². The van der Waals surface area contributed by atoms with Crippen LogP contribution in [0.1, 0.15) is 32.7 Å². The Kier molecular flexibility index (Phi) is 4.65. The van der Waals surface area contributed by atoms with Crippen molar-refractivity contribution >= 4 is 27.5 Å². The Hall–Kier alpha value is -3.08. The molecule has 3 atom stereocenters. The van der Waals surface area contributed by atoms with Gasteiger partial charge in [0.25, 0.3) is 21.8 Å². The molecule has 3 heterocycles. The zero-order valence-corrected chi connectivity index (χ0v) is 17.3. The van der Waals surface area contributed by atoms with Crippen LogP contribution in [0, 0.1) is 6.92 Å². The molecule has 0 aromatic heterocycles. The van der Waals surface area contributed by atoms with Gasteiger partial charge >= 0.3 is 0 Å². The van der Waals surface area contributed by atoms with Crippen molar-refractivity contribution in [1.29, 1.82) is 0 Å². The summed E-state index contributed by atoms with van der Waals surface area (Å²) >= 11 is 0. The SMILES string of the molecule is Cc1ccc(S(=O)(=O)N/N=C2\C[C@H](N3C(=O)c4ccccc4C3=O)[C@@H]3CO[C@@H]2O3)cc1. The van der Waals surface area contributed by atoms with E-state index >= 15 is 0 Å². The van der Waals surface area contributed by atoms with Crippen LogP contribution in [0.3, 0.4) is 0 Å². The van der Waals surface area contributed by atoms with E-state index in [1.165, 1.54) is 17.0 Å². The molecule has 2 fully saturated rings. The van der Waals surface area contributed by atoms with Crippen molar-refractivity contribution < 1.29 is 27.5 Å². The number of rotatable bonds is 4. The van der Waals surface area contributed by atoms with Gasteiger partial charge in [-0.1, -0.05) is 29.8 Å². The number of carbonyl (C=O) groups is 2. The summed E-state index contributed by atoms with van der Waals surface area (Å²) < 4.78 is 36.5. The first-order chi connectivity index (χ1) is 14.8. The molecular weight excluding hydrogens is 422 g/mol. The zero-order chi connectivity index (χ0) is 21.8. The van der Waals surface area contributed by atoms with Crippen LogP contribution in [-0.4, -0.2) is 55.9 Å². The minimum absolute atomic E-state index is 0.0706. The maximum absolute atomic E-state index is 12.9. The van der Waals surface area contributed by atoms with E-state index in [0.29, 0.717) is 11.1 Å². The van der Waals surface area contributed by atoms with Crippen LogP contribution >= 0.6 is 0 Å². The van der Waals surface area contributed by atoms with Crippen LogP contribution < -0.4 is 4.83 Å². The third kappa shape index (κ3) is 3.32. The molecule has 31 heavy (non-hydrogen) atoms. The zero-order valence-electron chi connectivity index (χ0n) is 16.5. The molecule has 1 N–H and O–H groups in total. The second kappa shape index (κ2) is 7.26. The van der Waals surface area contributed by atoms with E-state index in [-0.39, 0.29) is 23.6 Å². The van der Waals surface area contributed by atoms with Crippen LogP contribution in [0.25, 0.3) is 0 Å². The summed E-state index contributed by atoms with van der Waals surface area (Å²) in [4.78, 5) is 29.2. The number of hydrogen-bond acceptors (Lipinski definition) is 7. The van der Waals surface area contributed by atoms with E-state index in [0.717, 1.165) is 5.56 Å². The van der Waals surface area contributed by atoms with Gasteiger partial charge in [-0.2, -0.15) is 18.4 Å². The van der Waals surface area contributed by atoms with Crippen molar-refractivity contribution in [1.82, 2.24) is 9.73 Å². The number of sulfonamides is 1. The molecule has 10 heteroatoms. The Morgan fingerprint density at radius 3 is 2.32 bits per heavy atom. The predicted octanol–water partition coefficient (Wildman–Crippen LogP) is 1.44. The summed E-state index contributed by atoms with van der Waals surface area (Å²) in [5.74, 6) is -0.807. The minimum atomic E-state index is -3.89. The van der Waals surface area contributed by atoms with Crippen LogP contribution in [0.15, 0.2) is 58.5 Å². The van der Waals surface area contributed by atoms with Gasteiger partial charge < -0.3 is 9.47 Å². The number of hydrazone groups is 1. The van der Waals surface area contributed by atoms with Crippen molar-refractivity contribution in [2.24, 2.45) is 5.10 Å². The predicted molar refractivity (Wildman–Crippen MR) is 109 cm³/mol. The van der Waals surface area contributed by atoms with Gasteiger partial charge in [-0.3, -0.25) is 14.5 Å². The molecule has 3 aliphatic rings. The van der Waals surface area contributed by atoms with Crippen LogP contribution in [0.4, 0.5) is 0 Å². The van der Waals surface area contributed by atoms with Gasteiger partial charge in [-0.25, -0.2) is 0 Å². The van der Waals surface area contributed by atoms with E-state index in [1.54, 1.807) is 36.4 Å². The fourth-order valence-electron chi connectivity index (χ4n) is 3.99. The van der Waals surface area contributed by atoms with Crippen LogP contribution in [0.2, 0.25) is 0 Å². The highest BCUT2D eigenvalue weighted by Crippen LogP contribution is 2.34. The number of fused-ring (bicyclic) bond motifs is 3. The first-order valence-corrected chi connectivity index (χ1v) is 11.2. The Labute approximate surface area is 178 Å². The molecule has 0 unspecified atom stereocenters. The standard InChI is InChI=1S/C21H19N3O6S/c1-12-6-8-13(9-7-12)31(27,28)23-22-16-10-17(18-11-29-21(16)30-18)24-19(25)14-4-2-3-5-15(14)20(24)26/h2-9,17-18,21,23H,10-11H2,1H3/b22-16+/t17-,18-,21+/m0/s1. The normalized spacial score (nSPS) is 26.4. The lowest BCUT2D eigenvalue weighted by Crippen LogP contribution is -2.52. The molecule has 5 rings (SSSR count). The lowest BCUT2D eigenvalue weighted by molar-refractivity contribution is -0.0376. The topological polar surface area (TPSA) is 114 Å². The molecule has 2 saturated heterocycles. The Balaban J connectivity index is 1.40. The van der Waals surface area contributed by atoms with Gasteiger partial charge in [-0.05, 0) is 31.2 Å². The van der Waals surface area contributed by atoms with E-state index in [4.69, 9.17) is 9.47 Å². The molecule has 2 aromatic carbocycles. The van der Waals surface area contributed by atoms with Crippen LogP contribution in [-0.2, 0) is 19.5 Å². The fourth-order valence-corrected chi connectivity index (χ4v) is 4.83. The Morgan fingerprint density at radius 2 is 1.68 bits per heavy atom. The summed E-state index contributed by atoms with van der Waals surface area (Å²) in [6.07, 6.45) is -1.17. The van der Waals surface area contributed by atoms with Crippen molar-refractivity contribution in [2.45, 2.75) is 36.7 Å². The summed E-state index contributed by atoms with van der Waals surface area (Å²) in [7, 11) is -3.89. The first-order valence-electron chi connectivity index (χ1n) is 9.74. The molecule has 0 saturated carbocycles. The van der Waals surface area contributed by atoms with Crippen molar-refractivity contribution in [3.63, 3.8) is 0 Å². The van der Waals surface area contributed by atoms with E-state index in [9.17, 15) is 18.0 Å². The molecule has 2 aromatic rings. The number of benzene rings is 2. The summed E-state index contributed by atoms with van der Waals surface area (Å²) in [6, 6.07) is 12.3. The fraction of sp³-hybridized carbons (Fsp3) is 0.286. The highest BCUT2D eigenvalue weighted by Gasteiger charge is 2.50. The average molecular weight is 441 g/mol. The first kappa shape index (κ1) is 19.9. The quantitative estimate of drug-likeness (QED) is 0.567. The Morgan fingerprint density at radius 1 is 1.03 bits per heavy atom. The van der Waals surface area contributed by atoms with Gasteiger partial charge in [0.05, 0.1) is 34.4 Å². The van der Waals surface area contributed by atoms with E-state index in [1.807, 2.05) is 6.92 Å². The van der Waals surface area contributed by atoms with Gasteiger partial charge in [0.15, 0.2) is 6.29 Å². The number of amides is 2. The second-order valence-corrected chi connectivity index (χ2v) is 9.31. The molecular formula is C21H19N3O6S. The van der Waals surface area contributed by atoms with Gasteiger partial charge in [-0.15, -0.1) is 0 Å². The molecule has 0 radical (unpaired) electrons. The lowest BCUT2D eigenvalue weighted by Gasteiger charge is -2.33. The largest absolute Gasteiger partial charge is 0.344 e. The summed E-state index contributed by atoms with van der Waals surface area (Å²) in [5.41, 5.74) is 1.88. The molecule has 9 nitrogen and oxygen atoms in total. The highest BCUT2D eigenvalue weighted by molar-refractivity contribution is 7.89. The summed E-state index contributed by atoms with van der Waals surface area (Å²) in [5, 5.41) is 4.03. The number of ether oxygens (including phenoxy) is 2. The lowest BCUT2D eigenvalue weighted by atomic mass is 10.0. The van der Waals surface area contributed by atoms with Crippen molar-refractivity contribution in [3.8, 4) is 0 Å². The maximum atomic E-state index is 12.9. The number of aryl methyl sites for hydroxylation is 1. The molecule has 0 aliphatic carbocycles. The third-order valence-corrected chi connectivity index (χ3v) is 6.85. The monoisotopic (exact) mass is 441 g/mol. The molecule has 2 bridgehead atoms. The summed E-state index contributed by atoms with van der Waals surface area (Å²) in [6.45, 7) is 2.03.